The maximum Gasteiger partial charge on any atom is 0.387 e. The van der Waals surface area contributed by atoms with Crippen molar-refractivity contribution in [2.75, 3.05) is 5.32 Å². The van der Waals surface area contributed by atoms with Gasteiger partial charge in [0, 0.05) is 6.04 Å². The highest BCUT2D eigenvalue weighted by Gasteiger charge is 2.16. The molecule has 3 N–H and O–H groups in total. The topological polar surface area (TPSA) is 77.2 Å². The Hall–Kier alpha value is -2.81. The van der Waals surface area contributed by atoms with Crippen LogP contribution >= 0.6 is 11.3 Å². The van der Waals surface area contributed by atoms with Crippen molar-refractivity contribution in [3.63, 3.8) is 0 Å². The number of nitrogens with two attached hydrogens (primary N) is 1. The molecule has 1 saturated carbocycles. The summed E-state index contributed by atoms with van der Waals surface area (Å²) in [5.41, 5.74) is 5.75. The Labute approximate surface area is 169 Å². The van der Waals surface area contributed by atoms with E-state index in [0.717, 1.165) is 15.3 Å². The number of ether oxygens (including phenoxy) is 1. The Bertz CT molecular complexity index is 975. The second kappa shape index (κ2) is 9.60. The van der Waals surface area contributed by atoms with Gasteiger partial charge in [-0.05, 0) is 43.2 Å². The first kappa shape index (κ1) is 20.9. The van der Waals surface area contributed by atoms with E-state index in [1.165, 1.54) is 67.4 Å². The molecule has 3 aromatic rings. The zero-order valence-electron chi connectivity index (χ0n) is 15.4. The summed E-state index contributed by atoms with van der Waals surface area (Å²) < 4.78 is 41.6. The Kier molecular flexibility index (Phi) is 6.92. The SMILES string of the molecule is Fc1ccc2nc(NC3CCCC3)sc2c1.NC(=O)c1ccccc1OC(F)F. The van der Waals surface area contributed by atoms with Crippen LogP contribution < -0.4 is 15.8 Å². The lowest BCUT2D eigenvalue weighted by atomic mass is 10.2. The largest absolute Gasteiger partial charge is 0.434 e. The smallest absolute Gasteiger partial charge is 0.387 e. The monoisotopic (exact) mass is 423 g/mol. The van der Waals surface area contributed by atoms with E-state index in [1.807, 2.05) is 0 Å². The van der Waals surface area contributed by atoms with Gasteiger partial charge in [-0.1, -0.05) is 36.3 Å². The van der Waals surface area contributed by atoms with Crippen LogP contribution in [0.15, 0.2) is 42.5 Å². The third-order valence-electron chi connectivity index (χ3n) is 4.40. The number of aromatic nitrogens is 1. The Balaban J connectivity index is 0.000000170. The molecule has 1 fully saturated rings. The van der Waals surface area contributed by atoms with Crippen molar-refractivity contribution in [3.8, 4) is 5.75 Å². The lowest BCUT2D eigenvalue weighted by Crippen LogP contribution is -2.14. The van der Waals surface area contributed by atoms with E-state index >= 15 is 0 Å². The van der Waals surface area contributed by atoms with Crippen molar-refractivity contribution >= 4 is 32.6 Å². The van der Waals surface area contributed by atoms with Crippen LogP contribution in [0.5, 0.6) is 5.75 Å². The number of nitrogens with zero attached hydrogens (tertiary/aromatic N) is 1. The molecule has 0 unspecified atom stereocenters. The fourth-order valence-corrected chi connectivity index (χ4v) is 4.04. The number of benzene rings is 2. The Morgan fingerprint density at radius 1 is 1.21 bits per heavy atom. The number of hydrogen-bond acceptors (Lipinski definition) is 5. The van der Waals surface area contributed by atoms with Crippen LogP contribution in [0.25, 0.3) is 10.2 Å². The first-order valence-electron chi connectivity index (χ1n) is 9.08. The molecule has 1 aromatic heterocycles. The summed E-state index contributed by atoms with van der Waals surface area (Å²) in [7, 11) is 0. The summed E-state index contributed by atoms with van der Waals surface area (Å²) in [6, 6.07) is 10.9. The number of amides is 1. The van der Waals surface area contributed by atoms with Crippen LogP contribution in [0, 0.1) is 5.82 Å². The Morgan fingerprint density at radius 3 is 2.62 bits per heavy atom. The van der Waals surface area contributed by atoms with Crippen molar-refractivity contribution in [3.05, 3.63) is 53.8 Å². The van der Waals surface area contributed by atoms with Crippen molar-refractivity contribution < 1.29 is 22.7 Å². The molecule has 1 aliphatic carbocycles. The maximum absolute atomic E-state index is 13.0. The number of nitrogens with one attached hydrogen (secondary N) is 1. The van der Waals surface area contributed by atoms with Gasteiger partial charge in [-0.3, -0.25) is 4.79 Å². The molecule has 5 nitrogen and oxygen atoms in total. The van der Waals surface area contributed by atoms with Crippen LogP contribution in [0.3, 0.4) is 0 Å². The third-order valence-corrected chi connectivity index (χ3v) is 5.35. The average Bonchev–Trinajstić information content (AvgIpc) is 3.31. The highest BCUT2D eigenvalue weighted by Crippen LogP contribution is 2.29. The van der Waals surface area contributed by atoms with Crippen LogP contribution in [-0.4, -0.2) is 23.5 Å². The first-order chi connectivity index (χ1) is 13.9. The van der Waals surface area contributed by atoms with E-state index < -0.39 is 12.5 Å². The molecule has 4 rings (SSSR count). The Morgan fingerprint density at radius 2 is 1.93 bits per heavy atom. The van der Waals surface area contributed by atoms with Crippen LogP contribution in [0.4, 0.5) is 18.3 Å². The predicted molar refractivity (Wildman–Crippen MR) is 107 cm³/mol. The number of halogens is 3. The molecule has 2 aromatic carbocycles. The zero-order valence-corrected chi connectivity index (χ0v) is 16.2. The minimum Gasteiger partial charge on any atom is -0.434 e. The lowest BCUT2D eigenvalue weighted by Gasteiger charge is -2.09. The number of primary amides is 1. The third kappa shape index (κ3) is 5.83. The molecular weight excluding hydrogens is 403 g/mol. The normalized spacial score (nSPS) is 13.9. The van der Waals surface area contributed by atoms with Crippen molar-refractivity contribution in [2.45, 2.75) is 38.3 Å². The maximum atomic E-state index is 13.0. The van der Waals surface area contributed by atoms with Gasteiger partial charge in [-0.15, -0.1) is 0 Å². The number of carbonyl (C=O) groups excluding carboxylic acids is 1. The number of alkyl halides is 2. The van der Waals surface area contributed by atoms with E-state index in [4.69, 9.17) is 5.73 Å². The number of carbonyl (C=O) groups is 1. The molecular formula is C20H20F3N3O2S. The number of hydrogen-bond donors (Lipinski definition) is 2. The molecule has 0 aliphatic heterocycles. The lowest BCUT2D eigenvalue weighted by molar-refractivity contribution is -0.0501. The number of para-hydroxylation sites is 1. The summed E-state index contributed by atoms with van der Waals surface area (Å²) in [6.07, 6.45) is 5.06. The molecule has 1 amide bonds. The standard InChI is InChI=1S/C12H13FN2S.C8H7F2NO2/c13-8-5-6-10-11(7-8)16-12(15-10)14-9-3-1-2-4-9;9-8(10)13-6-4-2-1-3-5(6)7(11)12/h5-7,9H,1-4H2,(H,14,15);1-4,8H,(H2,11,12). The second-order valence-electron chi connectivity index (χ2n) is 6.50. The van der Waals surface area contributed by atoms with E-state index in [0.29, 0.717) is 6.04 Å². The van der Waals surface area contributed by atoms with Gasteiger partial charge in [0.25, 0.3) is 5.91 Å². The summed E-state index contributed by atoms with van der Waals surface area (Å²) in [5.74, 6) is -1.19. The van der Waals surface area contributed by atoms with Gasteiger partial charge in [-0.25, -0.2) is 9.37 Å². The van der Waals surface area contributed by atoms with Crippen molar-refractivity contribution in [1.29, 1.82) is 0 Å². The molecule has 0 atom stereocenters. The first-order valence-corrected chi connectivity index (χ1v) is 9.90. The molecule has 9 heteroatoms. The summed E-state index contributed by atoms with van der Waals surface area (Å²) in [6.45, 7) is -2.96. The van der Waals surface area contributed by atoms with E-state index in [9.17, 15) is 18.0 Å². The van der Waals surface area contributed by atoms with Gasteiger partial charge in [-0.2, -0.15) is 8.78 Å². The highest BCUT2D eigenvalue weighted by molar-refractivity contribution is 7.22. The van der Waals surface area contributed by atoms with Gasteiger partial charge in [0.1, 0.15) is 11.6 Å². The summed E-state index contributed by atoms with van der Waals surface area (Å²) >= 11 is 1.54. The number of fused-ring (bicyclic) bond motifs is 1. The highest BCUT2D eigenvalue weighted by atomic mass is 32.1. The van der Waals surface area contributed by atoms with Crippen LogP contribution in [0.1, 0.15) is 36.0 Å². The van der Waals surface area contributed by atoms with Crippen molar-refractivity contribution in [1.82, 2.24) is 4.98 Å². The molecule has 0 bridgehead atoms. The molecule has 154 valence electrons. The van der Waals surface area contributed by atoms with Crippen LogP contribution in [0.2, 0.25) is 0 Å². The molecule has 0 saturated heterocycles. The summed E-state index contributed by atoms with van der Waals surface area (Å²) in [4.78, 5) is 15.2. The quantitative estimate of drug-likeness (QED) is 0.593. The van der Waals surface area contributed by atoms with Gasteiger partial charge >= 0.3 is 6.61 Å². The number of anilines is 1. The molecule has 29 heavy (non-hydrogen) atoms. The molecule has 1 heterocycles. The van der Waals surface area contributed by atoms with Crippen molar-refractivity contribution in [2.24, 2.45) is 5.73 Å². The zero-order chi connectivity index (χ0) is 20.8. The molecule has 1 aliphatic rings. The number of thiazole rings is 1. The fourth-order valence-electron chi connectivity index (χ4n) is 3.07. The van der Waals surface area contributed by atoms with E-state index in [2.05, 4.69) is 15.0 Å². The minimum atomic E-state index is -2.96. The average molecular weight is 423 g/mol. The summed E-state index contributed by atoms with van der Waals surface area (Å²) in [5, 5.41) is 4.36. The number of rotatable bonds is 5. The van der Waals surface area contributed by atoms with E-state index in [-0.39, 0.29) is 17.1 Å². The second-order valence-corrected chi connectivity index (χ2v) is 7.53. The van der Waals surface area contributed by atoms with Gasteiger partial charge in [0.15, 0.2) is 5.13 Å². The van der Waals surface area contributed by atoms with Crippen LogP contribution in [-0.2, 0) is 0 Å². The fraction of sp³-hybridized carbons (Fsp3) is 0.300. The van der Waals surface area contributed by atoms with Gasteiger partial charge < -0.3 is 15.8 Å². The van der Waals surface area contributed by atoms with Gasteiger partial charge in [0.05, 0.1) is 15.8 Å². The van der Waals surface area contributed by atoms with Gasteiger partial charge in [0.2, 0.25) is 0 Å². The van der Waals surface area contributed by atoms with E-state index in [1.54, 1.807) is 12.1 Å². The molecule has 0 spiro atoms. The predicted octanol–water partition coefficient (Wildman–Crippen LogP) is 5.18. The minimum absolute atomic E-state index is 0.0530. The molecule has 0 radical (unpaired) electrons.